The molecular formula is C18H17NO10S2. The fraction of sp³-hybridized carbons (Fsp3) is 0.222. The van der Waals surface area contributed by atoms with Gasteiger partial charge >= 0.3 is 12.1 Å². The van der Waals surface area contributed by atoms with Gasteiger partial charge in [0.15, 0.2) is 0 Å². The lowest BCUT2D eigenvalue weighted by atomic mass is 9.98. The van der Waals surface area contributed by atoms with Gasteiger partial charge in [-0.2, -0.15) is 16.8 Å². The second kappa shape index (κ2) is 7.92. The van der Waals surface area contributed by atoms with E-state index in [1.54, 1.807) is 0 Å². The van der Waals surface area contributed by atoms with E-state index < -0.39 is 60.7 Å². The maximum Gasteiger partial charge on any atom is 0.407 e. The van der Waals surface area contributed by atoms with Crippen molar-refractivity contribution in [2.45, 2.75) is 28.7 Å². The van der Waals surface area contributed by atoms with Crippen LogP contribution in [0.15, 0.2) is 46.2 Å². The number of aliphatic carboxylic acids is 1. The highest BCUT2D eigenvalue weighted by molar-refractivity contribution is 7.86. The van der Waals surface area contributed by atoms with Crippen LogP contribution in [0.25, 0.3) is 11.1 Å². The largest absolute Gasteiger partial charge is 0.480 e. The van der Waals surface area contributed by atoms with Crippen LogP contribution < -0.4 is 5.32 Å². The van der Waals surface area contributed by atoms with Crippen LogP contribution in [-0.4, -0.2) is 55.8 Å². The summed E-state index contributed by atoms with van der Waals surface area (Å²) in [5.74, 6) is -2.14. The number of carbonyl (C=O) groups is 2. The normalized spacial score (nSPS) is 14.4. The molecule has 31 heavy (non-hydrogen) atoms. The maximum atomic E-state index is 11.9. The van der Waals surface area contributed by atoms with E-state index in [1.807, 2.05) is 0 Å². The van der Waals surface area contributed by atoms with Gasteiger partial charge in [0, 0.05) is 5.92 Å². The van der Waals surface area contributed by atoms with Gasteiger partial charge in [0.1, 0.15) is 12.6 Å². The number of hydrogen-bond acceptors (Lipinski definition) is 7. The van der Waals surface area contributed by atoms with Crippen LogP contribution in [0.4, 0.5) is 4.79 Å². The lowest BCUT2D eigenvalue weighted by Gasteiger charge is -2.16. The molecular weight excluding hydrogens is 454 g/mol. The zero-order valence-corrected chi connectivity index (χ0v) is 17.5. The van der Waals surface area contributed by atoms with Gasteiger partial charge in [-0.25, -0.2) is 4.79 Å². The van der Waals surface area contributed by atoms with Gasteiger partial charge in [0.2, 0.25) is 0 Å². The van der Waals surface area contributed by atoms with Crippen LogP contribution in [-0.2, 0) is 29.8 Å². The SMILES string of the molecule is C[C@H](NC(=O)OCC1c2cc(S(=O)(=O)O)ccc2-c2ccc(S(=O)(=O)O)cc21)C(=O)O. The molecule has 1 aliphatic rings. The number of alkyl carbamates (subject to hydrolysis) is 1. The first-order valence-electron chi connectivity index (χ1n) is 8.68. The van der Waals surface area contributed by atoms with Crippen LogP contribution in [0, 0.1) is 0 Å². The summed E-state index contributed by atoms with van der Waals surface area (Å²) >= 11 is 0. The summed E-state index contributed by atoms with van der Waals surface area (Å²) in [4.78, 5) is 21.9. The predicted octanol–water partition coefficient (Wildman–Crippen LogP) is 1.49. The number of carbonyl (C=O) groups excluding carboxylic acids is 1. The van der Waals surface area contributed by atoms with Crippen molar-refractivity contribution in [1.29, 1.82) is 0 Å². The number of nitrogens with one attached hydrogen (secondary N) is 1. The van der Waals surface area contributed by atoms with Crippen molar-refractivity contribution in [2.75, 3.05) is 6.61 Å². The monoisotopic (exact) mass is 471 g/mol. The Morgan fingerprint density at radius 2 is 1.42 bits per heavy atom. The average molecular weight is 471 g/mol. The van der Waals surface area contributed by atoms with Crippen molar-refractivity contribution in [3.8, 4) is 11.1 Å². The number of ether oxygens (including phenoxy) is 1. The highest BCUT2D eigenvalue weighted by atomic mass is 32.2. The van der Waals surface area contributed by atoms with Gasteiger partial charge < -0.3 is 15.2 Å². The van der Waals surface area contributed by atoms with Crippen molar-refractivity contribution in [3.63, 3.8) is 0 Å². The molecule has 1 aliphatic carbocycles. The molecule has 0 aromatic heterocycles. The zero-order valence-electron chi connectivity index (χ0n) is 15.8. The molecule has 13 heteroatoms. The molecule has 0 aliphatic heterocycles. The first-order valence-corrected chi connectivity index (χ1v) is 11.6. The third-order valence-electron chi connectivity index (χ3n) is 4.77. The fourth-order valence-corrected chi connectivity index (χ4v) is 4.29. The lowest BCUT2D eigenvalue weighted by molar-refractivity contribution is -0.138. The molecule has 3 rings (SSSR count). The van der Waals surface area contributed by atoms with Crippen LogP contribution in [0.2, 0.25) is 0 Å². The molecule has 11 nitrogen and oxygen atoms in total. The number of fused-ring (bicyclic) bond motifs is 3. The van der Waals surface area contributed by atoms with E-state index in [1.165, 1.54) is 43.3 Å². The van der Waals surface area contributed by atoms with E-state index in [0.29, 0.717) is 22.3 Å². The third-order valence-corrected chi connectivity index (χ3v) is 6.47. The van der Waals surface area contributed by atoms with Crippen molar-refractivity contribution in [1.82, 2.24) is 5.32 Å². The van der Waals surface area contributed by atoms with Crippen molar-refractivity contribution in [3.05, 3.63) is 47.5 Å². The number of rotatable bonds is 6. The van der Waals surface area contributed by atoms with Gasteiger partial charge in [-0.15, -0.1) is 0 Å². The molecule has 0 unspecified atom stereocenters. The number of carboxylic acids is 1. The van der Waals surface area contributed by atoms with Gasteiger partial charge in [0.05, 0.1) is 9.79 Å². The minimum Gasteiger partial charge on any atom is -0.480 e. The summed E-state index contributed by atoms with van der Waals surface area (Å²) in [5.41, 5.74) is 1.68. The highest BCUT2D eigenvalue weighted by Crippen LogP contribution is 2.46. The second-order valence-corrected chi connectivity index (χ2v) is 9.65. The number of amides is 1. The molecule has 0 spiro atoms. The Morgan fingerprint density at radius 1 is 0.968 bits per heavy atom. The van der Waals surface area contributed by atoms with Gasteiger partial charge in [-0.3, -0.25) is 13.9 Å². The van der Waals surface area contributed by atoms with Crippen LogP contribution in [0.5, 0.6) is 0 Å². The molecule has 2 aromatic carbocycles. The second-order valence-electron chi connectivity index (χ2n) is 6.80. The van der Waals surface area contributed by atoms with Gasteiger partial charge in [-0.05, 0) is 53.4 Å². The van der Waals surface area contributed by atoms with E-state index in [0.717, 1.165) is 0 Å². The zero-order chi connectivity index (χ0) is 23.1. The highest BCUT2D eigenvalue weighted by Gasteiger charge is 2.32. The summed E-state index contributed by atoms with van der Waals surface area (Å²) in [6.07, 6.45) is -1.05. The Balaban J connectivity index is 2.02. The topological polar surface area (TPSA) is 184 Å². The Kier molecular flexibility index (Phi) is 5.80. The summed E-state index contributed by atoms with van der Waals surface area (Å²) in [6, 6.07) is 6.27. The third kappa shape index (κ3) is 4.69. The molecule has 0 fully saturated rings. The number of carboxylic acid groups (broad SMARTS) is 1. The first-order chi connectivity index (χ1) is 14.3. The number of hydrogen-bond donors (Lipinski definition) is 4. The molecule has 2 aromatic rings. The molecule has 1 amide bonds. The van der Waals surface area contributed by atoms with Crippen LogP contribution in [0.1, 0.15) is 24.0 Å². The van der Waals surface area contributed by atoms with Crippen molar-refractivity contribution in [2.24, 2.45) is 0 Å². The van der Waals surface area contributed by atoms with E-state index in [-0.39, 0.29) is 0 Å². The summed E-state index contributed by atoms with van der Waals surface area (Å²) in [6.45, 7) is 0.822. The Hall–Kier alpha value is -3.00. The van der Waals surface area contributed by atoms with Gasteiger partial charge in [0.25, 0.3) is 20.2 Å². The number of benzene rings is 2. The Labute approximate surface area is 177 Å². The fourth-order valence-electron chi connectivity index (χ4n) is 3.26. The molecule has 166 valence electrons. The van der Waals surface area contributed by atoms with E-state index in [2.05, 4.69) is 5.32 Å². The Morgan fingerprint density at radius 3 is 1.81 bits per heavy atom. The predicted molar refractivity (Wildman–Crippen MR) is 105 cm³/mol. The van der Waals surface area contributed by atoms with Crippen LogP contribution >= 0.6 is 0 Å². The van der Waals surface area contributed by atoms with Crippen LogP contribution in [0.3, 0.4) is 0 Å². The van der Waals surface area contributed by atoms with E-state index >= 15 is 0 Å². The summed E-state index contributed by atoms with van der Waals surface area (Å²) < 4.78 is 69.9. The van der Waals surface area contributed by atoms with E-state index in [9.17, 15) is 35.5 Å². The summed E-state index contributed by atoms with van der Waals surface area (Å²) in [5, 5.41) is 10.9. The maximum absolute atomic E-state index is 11.9. The molecule has 0 heterocycles. The molecule has 1 atom stereocenters. The summed E-state index contributed by atoms with van der Waals surface area (Å²) in [7, 11) is -9.09. The molecule has 0 saturated heterocycles. The van der Waals surface area contributed by atoms with Crippen molar-refractivity contribution < 1.29 is 45.4 Å². The average Bonchev–Trinajstić information content (AvgIpc) is 2.97. The smallest absolute Gasteiger partial charge is 0.407 e. The van der Waals surface area contributed by atoms with Gasteiger partial charge in [-0.1, -0.05) is 12.1 Å². The Bertz CT molecular complexity index is 1200. The lowest BCUT2D eigenvalue weighted by Crippen LogP contribution is -2.39. The first kappa shape index (κ1) is 22.7. The minimum atomic E-state index is -4.54. The molecule has 0 radical (unpaired) electrons. The molecule has 4 N–H and O–H groups in total. The van der Waals surface area contributed by atoms with E-state index in [4.69, 9.17) is 9.84 Å². The molecule has 0 bridgehead atoms. The quantitative estimate of drug-likeness (QED) is 0.450. The molecule has 0 saturated carbocycles. The van der Waals surface area contributed by atoms with Crippen molar-refractivity contribution >= 4 is 32.3 Å². The standard InChI is InChI=1S/C18H17NO10S2/c1-9(17(20)21)19-18(22)29-8-16-14-6-10(30(23,24)25)2-4-12(14)13-5-3-11(7-15(13)16)31(26,27)28/h2-7,9,16H,8H2,1H3,(H,19,22)(H,20,21)(H,23,24,25)(H,26,27,28)/t9-/m0/s1. The minimum absolute atomic E-state index is 0.330.